The van der Waals surface area contributed by atoms with Crippen LogP contribution in [0, 0.1) is 30.6 Å². The molecule has 94 valence electrons. The third-order valence-electron chi connectivity index (χ3n) is 3.03. The topological polar surface area (TPSA) is 35.8 Å². The molecule has 3 heteroatoms. The maximum absolute atomic E-state index is 8.60. The summed E-state index contributed by atoms with van der Waals surface area (Å²) in [5.74, 6) is 0. The first-order valence-electron chi connectivity index (χ1n) is 6.08. The molecule has 17 heavy (non-hydrogen) atoms. The Kier molecular flexibility index (Phi) is 5.17. The molecule has 1 aromatic rings. The third-order valence-corrected chi connectivity index (χ3v) is 4.19. The van der Waals surface area contributed by atoms with Gasteiger partial charge >= 0.3 is 0 Å². The standard InChI is InChI=1S/C14H22N2S/c1-11-8-13(17-12(11)2)9-16-10-14(3,4)6-5-7-15/h8,16H,5-6,9-10H2,1-4H3. The van der Waals surface area contributed by atoms with Crippen molar-refractivity contribution in [3.63, 3.8) is 0 Å². The van der Waals surface area contributed by atoms with Crippen molar-refractivity contribution < 1.29 is 0 Å². The Hall–Kier alpha value is -0.850. The molecule has 0 fully saturated rings. The number of aryl methyl sites for hydroxylation is 2. The maximum atomic E-state index is 8.60. The Bertz CT molecular complexity index is 379. The van der Waals surface area contributed by atoms with Gasteiger partial charge in [0.25, 0.3) is 0 Å². The molecule has 1 rings (SSSR count). The predicted octanol–water partition coefficient (Wildman–Crippen LogP) is 3.78. The van der Waals surface area contributed by atoms with Gasteiger partial charge < -0.3 is 5.32 Å². The maximum Gasteiger partial charge on any atom is 0.0621 e. The summed E-state index contributed by atoms with van der Waals surface area (Å²) in [6, 6.07) is 4.48. The minimum Gasteiger partial charge on any atom is -0.311 e. The van der Waals surface area contributed by atoms with Crippen molar-refractivity contribution in [3.05, 3.63) is 21.4 Å². The van der Waals surface area contributed by atoms with E-state index >= 15 is 0 Å². The van der Waals surface area contributed by atoms with Gasteiger partial charge in [0.2, 0.25) is 0 Å². The summed E-state index contributed by atoms with van der Waals surface area (Å²) in [4.78, 5) is 2.81. The molecule has 0 spiro atoms. The average molecular weight is 250 g/mol. The van der Waals surface area contributed by atoms with Crippen LogP contribution < -0.4 is 5.32 Å². The van der Waals surface area contributed by atoms with Gasteiger partial charge in [0.05, 0.1) is 6.07 Å². The molecule has 0 aliphatic carbocycles. The van der Waals surface area contributed by atoms with Crippen molar-refractivity contribution in [1.82, 2.24) is 5.32 Å². The number of hydrogen-bond donors (Lipinski definition) is 1. The highest BCUT2D eigenvalue weighted by atomic mass is 32.1. The monoisotopic (exact) mass is 250 g/mol. The van der Waals surface area contributed by atoms with Crippen molar-refractivity contribution in [2.75, 3.05) is 6.54 Å². The molecule has 0 saturated carbocycles. The van der Waals surface area contributed by atoms with Crippen molar-refractivity contribution in [2.45, 2.75) is 47.1 Å². The first-order chi connectivity index (χ1) is 7.94. The molecule has 0 radical (unpaired) electrons. The van der Waals surface area contributed by atoms with Gasteiger partial charge in [-0.25, -0.2) is 0 Å². The van der Waals surface area contributed by atoms with E-state index in [1.54, 1.807) is 0 Å². The normalized spacial score (nSPS) is 11.5. The van der Waals surface area contributed by atoms with E-state index in [1.165, 1.54) is 15.3 Å². The number of nitrogens with one attached hydrogen (secondary N) is 1. The zero-order valence-electron chi connectivity index (χ0n) is 11.3. The molecule has 0 unspecified atom stereocenters. The molecule has 0 saturated heterocycles. The lowest BCUT2D eigenvalue weighted by Gasteiger charge is -2.23. The molecule has 0 aliphatic rings. The number of nitrogens with zero attached hydrogens (tertiary/aromatic N) is 1. The van der Waals surface area contributed by atoms with Crippen molar-refractivity contribution in [3.8, 4) is 6.07 Å². The Labute approximate surface area is 109 Å². The summed E-state index contributed by atoms with van der Waals surface area (Å²) < 4.78 is 0. The summed E-state index contributed by atoms with van der Waals surface area (Å²) in [6.45, 7) is 10.6. The van der Waals surface area contributed by atoms with Crippen molar-refractivity contribution in [1.29, 1.82) is 5.26 Å². The van der Waals surface area contributed by atoms with Crippen LogP contribution in [0.4, 0.5) is 0 Å². The smallest absolute Gasteiger partial charge is 0.0621 e. The Morgan fingerprint density at radius 1 is 1.41 bits per heavy atom. The molecule has 0 bridgehead atoms. The lowest BCUT2D eigenvalue weighted by molar-refractivity contribution is 0.318. The SMILES string of the molecule is Cc1cc(CNCC(C)(C)CCC#N)sc1C. The summed E-state index contributed by atoms with van der Waals surface area (Å²) >= 11 is 1.87. The number of rotatable bonds is 6. The van der Waals surface area contributed by atoms with Crippen LogP contribution in [-0.2, 0) is 6.54 Å². The van der Waals surface area contributed by atoms with Crippen LogP contribution in [-0.4, -0.2) is 6.54 Å². The molecule has 0 aliphatic heterocycles. The molecule has 1 N–H and O–H groups in total. The summed E-state index contributed by atoms with van der Waals surface area (Å²) in [5.41, 5.74) is 1.59. The van der Waals surface area contributed by atoms with Crippen LogP contribution in [0.15, 0.2) is 6.07 Å². The fraction of sp³-hybridized carbons (Fsp3) is 0.643. The largest absolute Gasteiger partial charge is 0.311 e. The van der Waals surface area contributed by atoms with Crippen molar-refractivity contribution in [2.24, 2.45) is 5.41 Å². The zero-order valence-corrected chi connectivity index (χ0v) is 12.1. The van der Waals surface area contributed by atoms with Crippen LogP contribution >= 0.6 is 11.3 Å². The van der Waals surface area contributed by atoms with E-state index in [2.05, 4.69) is 45.1 Å². The fourth-order valence-electron chi connectivity index (χ4n) is 1.74. The molecular weight excluding hydrogens is 228 g/mol. The Morgan fingerprint density at radius 3 is 2.65 bits per heavy atom. The Morgan fingerprint density at radius 2 is 2.12 bits per heavy atom. The van der Waals surface area contributed by atoms with Gasteiger partial charge in [-0.3, -0.25) is 0 Å². The van der Waals surface area contributed by atoms with E-state index < -0.39 is 0 Å². The highest BCUT2D eigenvalue weighted by Crippen LogP contribution is 2.23. The molecule has 2 nitrogen and oxygen atoms in total. The first kappa shape index (κ1) is 14.2. The van der Waals surface area contributed by atoms with Crippen LogP contribution in [0.5, 0.6) is 0 Å². The molecule has 0 amide bonds. The fourth-order valence-corrected chi connectivity index (χ4v) is 2.77. The number of hydrogen-bond acceptors (Lipinski definition) is 3. The van der Waals surface area contributed by atoms with E-state index in [-0.39, 0.29) is 5.41 Å². The molecule has 0 aromatic carbocycles. The summed E-state index contributed by atoms with van der Waals surface area (Å²) in [6.07, 6.45) is 1.60. The Balaban J connectivity index is 2.35. The predicted molar refractivity (Wildman–Crippen MR) is 74.1 cm³/mol. The average Bonchev–Trinajstić information content (AvgIpc) is 2.55. The van der Waals surface area contributed by atoms with Crippen LogP contribution in [0.2, 0.25) is 0 Å². The first-order valence-corrected chi connectivity index (χ1v) is 6.90. The zero-order chi connectivity index (χ0) is 12.9. The lowest BCUT2D eigenvalue weighted by atomic mass is 9.88. The van der Waals surface area contributed by atoms with Crippen LogP contribution in [0.1, 0.15) is 42.0 Å². The van der Waals surface area contributed by atoms with E-state index in [4.69, 9.17) is 5.26 Å². The summed E-state index contributed by atoms with van der Waals surface area (Å²) in [5, 5.41) is 12.1. The minimum atomic E-state index is 0.205. The molecule has 1 heterocycles. The third kappa shape index (κ3) is 4.89. The highest BCUT2D eigenvalue weighted by Gasteiger charge is 2.16. The second-order valence-electron chi connectivity index (χ2n) is 5.38. The van der Waals surface area contributed by atoms with Gasteiger partial charge in [0, 0.05) is 29.3 Å². The quantitative estimate of drug-likeness (QED) is 0.834. The number of nitriles is 1. The van der Waals surface area contributed by atoms with E-state index in [0.717, 1.165) is 19.5 Å². The molecular formula is C14H22N2S. The lowest BCUT2D eigenvalue weighted by Crippen LogP contribution is -2.28. The van der Waals surface area contributed by atoms with E-state index in [0.29, 0.717) is 6.42 Å². The van der Waals surface area contributed by atoms with E-state index in [1.807, 2.05) is 11.3 Å². The molecule has 1 aromatic heterocycles. The van der Waals surface area contributed by atoms with Gasteiger partial charge in [0.1, 0.15) is 0 Å². The second-order valence-corrected chi connectivity index (χ2v) is 6.72. The van der Waals surface area contributed by atoms with Gasteiger partial charge in [-0.2, -0.15) is 5.26 Å². The summed E-state index contributed by atoms with van der Waals surface area (Å²) in [7, 11) is 0. The van der Waals surface area contributed by atoms with Gasteiger partial charge in [-0.05, 0) is 37.3 Å². The van der Waals surface area contributed by atoms with Crippen LogP contribution in [0.3, 0.4) is 0 Å². The van der Waals surface area contributed by atoms with Crippen molar-refractivity contribution >= 4 is 11.3 Å². The van der Waals surface area contributed by atoms with Crippen LogP contribution in [0.25, 0.3) is 0 Å². The second kappa shape index (κ2) is 6.18. The van der Waals surface area contributed by atoms with E-state index in [9.17, 15) is 0 Å². The highest BCUT2D eigenvalue weighted by molar-refractivity contribution is 7.12. The van der Waals surface area contributed by atoms with Gasteiger partial charge in [0.15, 0.2) is 0 Å². The number of thiophene rings is 1. The minimum absolute atomic E-state index is 0.205. The van der Waals surface area contributed by atoms with Gasteiger partial charge in [-0.1, -0.05) is 13.8 Å². The molecule has 0 atom stereocenters. The van der Waals surface area contributed by atoms with Gasteiger partial charge in [-0.15, -0.1) is 11.3 Å².